The lowest BCUT2D eigenvalue weighted by Crippen LogP contribution is -2.24. The maximum absolute atomic E-state index is 14.8. The molecule has 0 amide bonds. The summed E-state index contributed by atoms with van der Waals surface area (Å²) in [7, 11) is -2.96. The van der Waals surface area contributed by atoms with Gasteiger partial charge >= 0.3 is 0 Å². The summed E-state index contributed by atoms with van der Waals surface area (Å²) in [5.74, 6) is 1.96. The minimum Gasteiger partial charge on any atom is -0.309 e. The third-order valence-electron chi connectivity index (χ3n) is 5.21. The van der Waals surface area contributed by atoms with Crippen LogP contribution in [0.1, 0.15) is 38.9 Å². The Morgan fingerprint density at radius 1 is 0.643 bits per heavy atom. The average Bonchev–Trinajstić information content (AvgIpc) is 2.59. The molecule has 0 radical (unpaired) electrons. The summed E-state index contributed by atoms with van der Waals surface area (Å²) in [5.41, 5.74) is 7.85. The first-order chi connectivity index (χ1) is 13.2. The molecule has 0 saturated carbocycles. The molecule has 0 unspecified atom stereocenters. The first-order valence-corrected chi connectivity index (χ1v) is 11.5. The predicted molar refractivity (Wildman–Crippen MR) is 124 cm³/mol. The zero-order valence-electron chi connectivity index (χ0n) is 17.7. The lowest BCUT2D eigenvalue weighted by atomic mass is 10.1. The third-order valence-corrected chi connectivity index (χ3v) is 8.52. The van der Waals surface area contributed by atoms with E-state index in [1.54, 1.807) is 0 Å². The van der Waals surface area contributed by atoms with Crippen LogP contribution >= 0.6 is 7.14 Å². The molecule has 144 valence electrons. The Balaban J connectivity index is 2.33. The van der Waals surface area contributed by atoms with Crippen molar-refractivity contribution in [1.82, 2.24) is 0 Å². The molecule has 0 heterocycles. The van der Waals surface area contributed by atoms with E-state index in [0.717, 1.165) is 38.4 Å². The number of hydrogen-bond acceptors (Lipinski definition) is 1. The molecule has 0 N–H and O–H groups in total. The summed E-state index contributed by atoms with van der Waals surface area (Å²) in [4.78, 5) is 0. The molecule has 1 nitrogen and oxygen atoms in total. The molecule has 3 aromatic carbocycles. The van der Waals surface area contributed by atoms with Crippen LogP contribution < -0.4 is 10.6 Å². The molecule has 0 aliphatic heterocycles. The van der Waals surface area contributed by atoms with E-state index < -0.39 is 7.14 Å². The van der Waals surface area contributed by atoms with E-state index in [1.165, 1.54) is 11.1 Å². The van der Waals surface area contributed by atoms with Crippen molar-refractivity contribution in [3.05, 3.63) is 99.4 Å². The van der Waals surface area contributed by atoms with E-state index >= 15 is 0 Å². The highest BCUT2D eigenvalue weighted by Gasteiger charge is 2.31. The van der Waals surface area contributed by atoms with Crippen LogP contribution in [-0.2, 0) is 4.57 Å². The first kappa shape index (κ1) is 20.4. The summed E-state index contributed by atoms with van der Waals surface area (Å²) in [6.45, 7) is 12.5. The largest absolute Gasteiger partial charge is 0.309 e. The minimum absolute atomic E-state index is 0.973. The number of hydrogen-bond donors (Lipinski definition) is 0. The second-order valence-corrected chi connectivity index (χ2v) is 10.4. The molecular weight excluding hydrogens is 359 g/mol. The fourth-order valence-corrected chi connectivity index (χ4v) is 7.67. The van der Waals surface area contributed by atoms with Crippen molar-refractivity contribution >= 4 is 23.8 Å². The lowest BCUT2D eigenvalue weighted by Gasteiger charge is -2.24. The zero-order chi connectivity index (χ0) is 20.5. The smallest absolute Gasteiger partial charge is 0.165 e. The van der Waals surface area contributed by atoms with E-state index in [0.29, 0.717) is 0 Å². The van der Waals surface area contributed by atoms with Gasteiger partial charge in [0, 0.05) is 10.6 Å². The fourth-order valence-electron chi connectivity index (χ4n) is 4.41. The average molecular weight is 388 g/mol. The molecule has 0 aromatic heterocycles. The van der Waals surface area contributed by atoms with Gasteiger partial charge in [0.05, 0.1) is 0 Å². The molecule has 3 rings (SSSR count). The van der Waals surface area contributed by atoms with Crippen LogP contribution in [0.15, 0.2) is 60.4 Å². The van der Waals surface area contributed by atoms with Gasteiger partial charge in [-0.05, 0) is 75.2 Å². The van der Waals surface area contributed by atoms with Crippen molar-refractivity contribution in [3.8, 4) is 0 Å². The van der Waals surface area contributed by atoms with Crippen molar-refractivity contribution < 1.29 is 4.57 Å². The fraction of sp³-hybridized carbons (Fsp3) is 0.231. The number of aryl methyl sites for hydroxylation is 6. The van der Waals surface area contributed by atoms with Gasteiger partial charge in [-0.2, -0.15) is 0 Å². The Morgan fingerprint density at radius 3 is 1.43 bits per heavy atom. The number of rotatable bonds is 4. The van der Waals surface area contributed by atoms with Crippen molar-refractivity contribution in [3.63, 3.8) is 0 Å². The molecule has 0 aliphatic rings. The Hall–Kier alpha value is -2.37. The SMILES string of the molecule is Cc1cc(C)c(P(=O)(/C=C/c2ccccc2)c2c(C)cc(C)cc2C)c(C)c1. The van der Waals surface area contributed by atoms with E-state index in [9.17, 15) is 4.57 Å². The standard InChI is InChI=1S/C26H29OP/c1-18-14-20(3)25(21(4)15-18)28(27,13-12-24-10-8-7-9-11-24)26-22(5)16-19(2)17-23(26)6/h7-17H,1-6H3/b13-12+. The summed E-state index contributed by atoms with van der Waals surface area (Å²) >= 11 is 0. The van der Waals surface area contributed by atoms with Crippen LogP contribution in [0.4, 0.5) is 0 Å². The van der Waals surface area contributed by atoms with Crippen molar-refractivity contribution in [2.75, 3.05) is 0 Å². The molecule has 0 saturated heterocycles. The molecule has 2 heteroatoms. The molecule has 0 aliphatic carbocycles. The minimum atomic E-state index is -2.96. The van der Waals surface area contributed by atoms with Crippen LogP contribution in [0.3, 0.4) is 0 Å². The molecule has 0 fully saturated rings. The predicted octanol–water partition coefficient (Wildman–Crippen LogP) is 6.52. The summed E-state index contributed by atoms with van der Waals surface area (Å²) < 4.78 is 14.8. The normalized spacial score (nSPS) is 11.9. The van der Waals surface area contributed by atoms with Gasteiger partial charge < -0.3 is 4.57 Å². The van der Waals surface area contributed by atoms with Crippen LogP contribution in [0.25, 0.3) is 6.08 Å². The van der Waals surface area contributed by atoms with Gasteiger partial charge in [0.25, 0.3) is 0 Å². The quantitative estimate of drug-likeness (QED) is 0.465. The van der Waals surface area contributed by atoms with Gasteiger partial charge in [0.15, 0.2) is 7.14 Å². The first-order valence-electron chi connectivity index (χ1n) is 9.73. The van der Waals surface area contributed by atoms with Gasteiger partial charge in [-0.25, -0.2) is 0 Å². The molecule has 0 spiro atoms. The van der Waals surface area contributed by atoms with Gasteiger partial charge in [0.2, 0.25) is 0 Å². The maximum atomic E-state index is 14.8. The van der Waals surface area contributed by atoms with E-state index in [-0.39, 0.29) is 0 Å². The van der Waals surface area contributed by atoms with E-state index in [4.69, 9.17) is 0 Å². The van der Waals surface area contributed by atoms with Crippen LogP contribution in [0, 0.1) is 41.5 Å². The summed E-state index contributed by atoms with van der Waals surface area (Å²) in [6, 6.07) is 18.7. The molecule has 0 bridgehead atoms. The van der Waals surface area contributed by atoms with E-state index in [2.05, 4.69) is 65.8 Å². The zero-order valence-corrected chi connectivity index (χ0v) is 18.6. The monoisotopic (exact) mass is 388 g/mol. The Bertz CT molecular complexity index is 983. The topological polar surface area (TPSA) is 17.1 Å². The molecule has 28 heavy (non-hydrogen) atoms. The Kier molecular flexibility index (Phi) is 5.77. The lowest BCUT2D eigenvalue weighted by molar-refractivity contribution is 0.592. The second-order valence-electron chi connectivity index (χ2n) is 7.88. The molecular formula is C26H29OP. The summed E-state index contributed by atoms with van der Waals surface area (Å²) in [6.07, 6.45) is 2.01. The van der Waals surface area contributed by atoms with Crippen LogP contribution in [0.5, 0.6) is 0 Å². The van der Waals surface area contributed by atoms with Crippen molar-refractivity contribution in [1.29, 1.82) is 0 Å². The van der Waals surface area contributed by atoms with Crippen LogP contribution in [-0.4, -0.2) is 0 Å². The highest BCUT2D eigenvalue weighted by atomic mass is 31.2. The van der Waals surface area contributed by atoms with Gasteiger partial charge in [-0.15, -0.1) is 0 Å². The highest BCUT2D eigenvalue weighted by molar-refractivity contribution is 7.82. The Morgan fingerprint density at radius 2 is 1.04 bits per heavy atom. The highest BCUT2D eigenvalue weighted by Crippen LogP contribution is 2.49. The third kappa shape index (κ3) is 3.91. The molecule has 0 atom stereocenters. The maximum Gasteiger partial charge on any atom is 0.165 e. The van der Waals surface area contributed by atoms with Gasteiger partial charge in [-0.1, -0.05) is 71.8 Å². The Labute approximate surface area is 169 Å². The van der Waals surface area contributed by atoms with Crippen molar-refractivity contribution in [2.24, 2.45) is 0 Å². The number of benzene rings is 3. The van der Waals surface area contributed by atoms with Crippen LogP contribution in [0.2, 0.25) is 0 Å². The van der Waals surface area contributed by atoms with Gasteiger partial charge in [0.1, 0.15) is 0 Å². The second kappa shape index (κ2) is 7.94. The van der Waals surface area contributed by atoms with E-state index in [1.807, 2.05) is 42.2 Å². The molecule has 3 aromatic rings. The summed E-state index contributed by atoms with van der Waals surface area (Å²) in [5, 5.41) is 1.95. The van der Waals surface area contributed by atoms with Gasteiger partial charge in [-0.3, -0.25) is 0 Å². The van der Waals surface area contributed by atoms with Crippen molar-refractivity contribution in [2.45, 2.75) is 41.5 Å².